The third-order valence-corrected chi connectivity index (χ3v) is 4.32. The lowest BCUT2D eigenvalue weighted by molar-refractivity contribution is -0.142. The molecule has 2 rings (SSSR count). The first-order valence-electron chi connectivity index (χ1n) is 9.01. The second-order valence-corrected chi connectivity index (χ2v) is 6.23. The SMILES string of the molecule is CCOC(=O)CCNCC1CCN(C(=O)OCc2ccccc2)CC1. The molecule has 6 heteroatoms. The van der Waals surface area contributed by atoms with E-state index in [-0.39, 0.29) is 12.1 Å². The maximum absolute atomic E-state index is 12.1. The van der Waals surface area contributed by atoms with E-state index in [9.17, 15) is 9.59 Å². The standard InChI is InChI=1S/C19H28N2O4/c1-2-24-18(22)8-11-20-14-16-9-12-21(13-10-16)19(23)25-15-17-6-4-3-5-7-17/h3-7,16,20H,2,8-15H2,1H3. The first-order valence-corrected chi connectivity index (χ1v) is 9.01. The molecular formula is C19H28N2O4. The highest BCUT2D eigenvalue weighted by Crippen LogP contribution is 2.17. The Morgan fingerprint density at radius 1 is 1.16 bits per heavy atom. The second-order valence-electron chi connectivity index (χ2n) is 6.23. The van der Waals surface area contributed by atoms with Gasteiger partial charge in [0, 0.05) is 19.6 Å². The van der Waals surface area contributed by atoms with Gasteiger partial charge in [-0.25, -0.2) is 4.79 Å². The number of hydrogen-bond acceptors (Lipinski definition) is 5. The van der Waals surface area contributed by atoms with Gasteiger partial charge in [0.25, 0.3) is 0 Å². The lowest BCUT2D eigenvalue weighted by Gasteiger charge is -2.31. The van der Waals surface area contributed by atoms with Crippen molar-refractivity contribution in [1.29, 1.82) is 0 Å². The number of benzene rings is 1. The van der Waals surface area contributed by atoms with Crippen LogP contribution < -0.4 is 5.32 Å². The summed E-state index contributed by atoms with van der Waals surface area (Å²) in [5, 5.41) is 3.30. The molecule has 0 atom stereocenters. The fourth-order valence-electron chi connectivity index (χ4n) is 2.86. The minimum atomic E-state index is -0.238. The van der Waals surface area contributed by atoms with Gasteiger partial charge in [0.15, 0.2) is 0 Å². The number of ether oxygens (including phenoxy) is 2. The van der Waals surface area contributed by atoms with Gasteiger partial charge >= 0.3 is 12.1 Å². The predicted octanol–water partition coefficient (Wildman–Crippen LogP) is 2.58. The van der Waals surface area contributed by atoms with Crippen LogP contribution in [0.5, 0.6) is 0 Å². The minimum absolute atomic E-state index is 0.161. The van der Waals surface area contributed by atoms with E-state index >= 15 is 0 Å². The summed E-state index contributed by atoms with van der Waals surface area (Å²) in [5.74, 6) is 0.367. The Kier molecular flexibility index (Phi) is 8.25. The smallest absolute Gasteiger partial charge is 0.410 e. The molecule has 0 radical (unpaired) electrons. The summed E-state index contributed by atoms with van der Waals surface area (Å²) in [6.07, 6.45) is 2.07. The zero-order valence-corrected chi connectivity index (χ0v) is 14.9. The summed E-state index contributed by atoms with van der Waals surface area (Å²) in [6, 6.07) is 9.70. The van der Waals surface area contributed by atoms with E-state index in [0.717, 1.165) is 38.0 Å². The van der Waals surface area contributed by atoms with Crippen LogP contribution in [0.4, 0.5) is 4.79 Å². The number of likely N-dealkylation sites (tertiary alicyclic amines) is 1. The Balaban J connectivity index is 1.57. The van der Waals surface area contributed by atoms with Gasteiger partial charge in [0.1, 0.15) is 6.61 Å². The van der Waals surface area contributed by atoms with Crippen LogP contribution in [0, 0.1) is 5.92 Å². The molecule has 1 fully saturated rings. The third kappa shape index (κ3) is 7.13. The molecular weight excluding hydrogens is 320 g/mol. The molecule has 0 aromatic heterocycles. The minimum Gasteiger partial charge on any atom is -0.466 e. The van der Waals surface area contributed by atoms with E-state index in [1.165, 1.54) is 0 Å². The molecule has 1 aromatic carbocycles. The van der Waals surface area contributed by atoms with E-state index < -0.39 is 0 Å². The van der Waals surface area contributed by atoms with Crippen molar-refractivity contribution in [3.8, 4) is 0 Å². The molecule has 1 heterocycles. The molecule has 1 N–H and O–H groups in total. The molecule has 0 aliphatic carbocycles. The maximum Gasteiger partial charge on any atom is 0.410 e. The molecule has 1 saturated heterocycles. The van der Waals surface area contributed by atoms with Crippen molar-refractivity contribution in [2.45, 2.75) is 32.8 Å². The lowest BCUT2D eigenvalue weighted by Crippen LogP contribution is -2.41. The first kappa shape index (κ1) is 19.2. The van der Waals surface area contributed by atoms with E-state index in [4.69, 9.17) is 9.47 Å². The predicted molar refractivity (Wildman–Crippen MR) is 95.0 cm³/mol. The first-order chi connectivity index (χ1) is 12.2. The number of esters is 1. The van der Waals surface area contributed by atoms with Crippen molar-refractivity contribution in [3.05, 3.63) is 35.9 Å². The fourth-order valence-corrected chi connectivity index (χ4v) is 2.86. The Labute approximate surface area is 149 Å². The average molecular weight is 348 g/mol. The summed E-state index contributed by atoms with van der Waals surface area (Å²) in [5.41, 5.74) is 0.997. The molecule has 0 spiro atoms. The number of carbonyl (C=O) groups is 2. The third-order valence-electron chi connectivity index (χ3n) is 4.32. The monoisotopic (exact) mass is 348 g/mol. The molecule has 0 saturated carbocycles. The maximum atomic E-state index is 12.1. The van der Waals surface area contributed by atoms with Crippen LogP contribution in [0.2, 0.25) is 0 Å². The number of hydrogen-bond donors (Lipinski definition) is 1. The molecule has 6 nitrogen and oxygen atoms in total. The molecule has 1 amide bonds. The number of amides is 1. The number of nitrogens with one attached hydrogen (secondary N) is 1. The quantitative estimate of drug-likeness (QED) is 0.578. The van der Waals surface area contributed by atoms with E-state index in [0.29, 0.717) is 32.1 Å². The Hall–Kier alpha value is -2.08. The molecule has 138 valence electrons. The van der Waals surface area contributed by atoms with Gasteiger partial charge in [-0.1, -0.05) is 30.3 Å². The normalized spacial score (nSPS) is 15.0. The van der Waals surface area contributed by atoms with Crippen LogP contribution in [-0.4, -0.2) is 49.7 Å². The van der Waals surface area contributed by atoms with Gasteiger partial charge in [-0.3, -0.25) is 4.79 Å². The Morgan fingerprint density at radius 2 is 1.88 bits per heavy atom. The number of nitrogens with zero attached hydrogens (tertiary/aromatic N) is 1. The average Bonchev–Trinajstić information content (AvgIpc) is 2.65. The van der Waals surface area contributed by atoms with Crippen molar-refractivity contribution in [3.63, 3.8) is 0 Å². The van der Waals surface area contributed by atoms with Crippen LogP contribution in [-0.2, 0) is 20.9 Å². The van der Waals surface area contributed by atoms with Crippen molar-refractivity contribution in [2.24, 2.45) is 5.92 Å². The summed E-state index contributed by atoms with van der Waals surface area (Å²) in [4.78, 5) is 25.1. The zero-order valence-electron chi connectivity index (χ0n) is 14.9. The van der Waals surface area contributed by atoms with Crippen LogP contribution in [0.15, 0.2) is 30.3 Å². The van der Waals surface area contributed by atoms with Gasteiger partial charge in [-0.2, -0.15) is 0 Å². The highest BCUT2D eigenvalue weighted by molar-refractivity contribution is 5.69. The summed E-state index contributed by atoms with van der Waals surface area (Å²) >= 11 is 0. The van der Waals surface area contributed by atoms with Crippen molar-refractivity contribution in [1.82, 2.24) is 10.2 Å². The van der Waals surface area contributed by atoms with Gasteiger partial charge in [-0.05, 0) is 37.8 Å². The van der Waals surface area contributed by atoms with Crippen LogP contribution >= 0.6 is 0 Å². The van der Waals surface area contributed by atoms with Crippen LogP contribution in [0.1, 0.15) is 31.7 Å². The molecule has 0 unspecified atom stereocenters. The highest BCUT2D eigenvalue weighted by atomic mass is 16.6. The Bertz CT molecular complexity index is 527. The number of rotatable bonds is 8. The van der Waals surface area contributed by atoms with Gasteiger partial charge in [-0.15, -0.1) is 0 Å². The lowest BCUT2D eigenvalue weighted by atomic mass is 9.97. The highest BCUT2D eigenvalue weighted by Gasteiger charge is 2.23. The molecule has 1 aliphatic heterocycles. The molecule has 1 aromatic rings. The number of carbonyl (C=O) groups excluding carboxylic acids is 2. The van der Waals surface area contributed by atoms with Gasteiger partial charge < -0.3 is 19.7 Å². The van der Waals surface area contributed by atoms with E-state index in [2.05, 4.69) is 5.32 Å². The number of piperidine rings is 1. The molecule has 0 bridgehead atoms. The summed E-state index contributed by atoms with van der Waals surface area (Å²) in [6.45, 7) is 5.50. The van der Waals surface area contributed by atoms with Crippen molar-refractivity contribution < 1.29 is 19.1 Å². The second kappa shape index (κ2) is 10.7. The Morgan fingerprint density at radius 3 is 2.56 bits per heavy atom. The van der Waals surface area contributed by atoms with E-state index in [1.54, 1.807) is 4.90 Å². The summed E-state index contributed by atoms with van der Waals surface area (Å²) < 4.78 is 10.3. The van der Waals surface area contributed by atoms with Gasteiger partial charge in [0.05, 0.1) is 13.0 Å². The van der Waals surface area contributed by atoms with Crippen LogP contribution in [0.25, 0.3) is 0 Å². The zero-order chi connectivity index (χ0) is 17.9. The van der Waals surface area contributed by atoms with Crippen molar-refractivity contribution in [2.75, 3.05) is 32.8 Å². The topological polar surface area (TPSA) is 67.9 Å². The van der Waals surface area contributed by atoms with Crippen LogP contribution in [0.3, 0.4) is 0 Å². The van der Waals surface area contributed by atoms with Gasteiger partial charge in [0.2, 0.25) is 0 Å². The fraction of sp³-hybridized carbons (Fsp3) is 0.579. The van der Waals surface area contributed by atoms with E-state index in [1.807, 2.05) is 37.3 Å². The molecule has 1 aliphatic rings. The van der Waals surface area contributed by atoms with Crippen molar-refractivity contribution >= 4 is 12.1 Å². The summed E-state index contributed by atoms with van der Waals surface area (Å²) in [7, 11) is 0. The largest absolute Gasteiger partial charge is 0.466 e. The molecule has 25 heavy (non-hydrogen) atoms.